The van der Waals surface area contributed by atoms with E-state index >= 15 is 0 Å². The number of ether oxygens (including phenoxy) is 1. The van der Waals surface area contributed by atoms with E-state index in [0.29, 0.717) is 0 Å². The fourth-order valence-corrected chi connectivity index (χ4v) is 1.79. The van der Waals surface area contributed by atoms with Gasteiger partial charge in [-0.05, 0) is 33.6 Å². The lowest BCUT2D eigenvalue weighted by Gasteiger charge is -2.23. The predicted octanol–water partition coefficient (Wildman–Crippen LogP) is 2.31. The van der Waals surface area contributed by atoms with E-state index in [-0.39, 0.29) is 18.1 Å². The quantitative estimate of drug-likeness (QED) is 0.673. The van der Waals surface area contributed by atoms with E-state index < -0.39 is 5.60 Å². The molecule has 1 saturated carbocycles. The van der Waals surface area contributed by atoms with Crippen LogP contribution in [0.5, 0.6) is 0 Å². The molecule has 1 aliphatic rings. The summed E-state index contributed by atoms with van der Waals surface area (Å²) < 4.78 is 5.17. The van der Waals surface area contributed by atoms with Crippen molar-refractivity contribution in [3.8, 4) is 12.3 Å². The van der Waals surface area contributed by atoms with Gasteiger partial charge in [0.1, 0.15) is 5.60 Å². The van der Waals surface area contributed by atoms with Gasteiger partial charge in [0, 0.05) is 12.0 Å². The molecule has 0 radical (unpaired) electrons. The van der Waals surface area contributed by atoms with Crippen molar-refractivity contribution in [2.24, 2.45) is 5.92 Å². The summed E-state index contributed by atoms with van der Waals surface area (Å²) in [6, 6.07) is 0.0878. The largest absolute Gasteiger partial charge is 0.444 e. The number of carbonyl (C=O) groups excluding carboxylic acids is 1. The first-order valence-electron chi connectivity index (χ1n) is 5.38. The van der Waals surface area contributed by atoms with E-state index in [1.165, 1.54) is 0 Å². The van der Waals surface area contributed by atoms with Crippen molar-refractivity contribution in [1.82, 2.24) is 5.32 Å². The maximum absolute atomic E-state index is 11.5. The van der Waals surface area contributed by atoms with E-state index in [4.69, 9.17) is 11.2 Å². The Morgan fingerprint density at radius 1 is 1.47 bits per heavy atom. The summed E-state index contributed by atoms with van der Waals surface area (Å²) >= 11 is 0. The van der Waals surface area contributed by atoms with E-state index in [2.05, 4.69) is 11.2 Å². The molecule has 84 valence electrons. The van der Waals surface area contributed by atoms with Crippen LogP contribution < -0.4 is 5.32 Å². The highest BCUT2D eigenvalue weighted by atomic mass is 16.6. The Morgan fingerprint density at radius 2 is 2.13 bits per heavy atom. The summed E-state index contributed by atoms with van der Waals surface area (Å²) in [5.41, 5.74) is -0.450. The maximum atomic E-state index is 11.5. The van der Waals surface area contributed by atoms with Gasteiger partial charge in [-0.1, -0.05) is 6.42 Å². The molecule has 1 amide bonds. The van der Waals surface area contributed by atoms with Gasteiger partial charge in [0.15, 0.2) is 0 Å². The molecule has 0 spiro atoms. The number of hydrogen-bond donors (Lipinski definition) is 1. The minimum atomic E-state index is -0.450. The first kappa shape index (κ1) is 11.9. The highest BCUT2D eigenvalue weighted by molar-refractivity contribution is 5.68. The van der Waals surface area contributed by atoms with Crippen LogP contribution in [0.3, 0.4) is 0 Å². The van der Waals surface area contributed by atoms with Crippen LogP contribution in [0.4, 0.5) is 4.79 Å². The fourth-order valence-electron chi connectivity index (χ4n) is 1.79. The summed E-state index contributed by atoms with van der Waals surface area (Å²) in [5, 5.41) is 2.83. The molecule has 1 rings (SSSR count). The van der Waals surface area contributed by atoms with E-state index in [0.717, 1.165) is 19.3 Å². The Labute approximate surface area is 91.6 Å². The topological polar surface area (TPSA) is 38.3 Å². The SMILES string of the molecule is C#C[C@H]1CCC[C@H]1NC(=O)OC(C)(C)C. The second-order valence-corrected chi connectivity index (χ2v) is 4.96. The van der Waals surface area contributed by atoms with Gasteiger partial charge >= 0.3 is 6.09 Å². The normalized spacial score (nSPS) is 25.7. The molecule has 0 aromatic heterocycles. The summed E-state index contributed by atoms with van der Waals surface area (Å²) in [7, 11) is 0. The van der Waals surface area contributed by atoms with Crippen molar-refractivity contribution in [2.75, 3.05) is 0 Å². The zero-order valence-corrected chi connectivity index (χ0v) is 9.67. The van der Waals surface area contributed by atoms with Gasteiger partial charge in [-0.25, -0.2) is 4.79 Å². The first-order chi connectivity index (χ1) is 6.92. The Kier molecular flexibility index (Phi) is 3.62. The molecular formula is C12H19NO2. The third-order valence-electron chi connectivity index (χ3n) is 2.43. The average Bonchev–Trinajstić information content (AvgIpc) is 2.48. The van der Waals surface area contributed by atoms with Crippen molar-refractivity contribution in [3.63, 3.8) is 0 Å². The van der Waals surface area contributed by atoms with Gasteiger partial charge in [-0.2, -0.15) is 0 Å². The van der Waals surface area contributed by atoms with Crippen LogP contribution in [-0.2, 0) is 4.74 Å². The Bertz CT molecular complexity index is 272. The molecule has 0 heterocycles. The molecule has 3 heteroatoms. The lowest BCUT2D eigenvalue weighted by Crippen LogP contribution is -2.40. The second-order valence-electron chi connectivity index (χ2n) is 4.96. The smallest absolute Gasteiger partial charge is 0.407 e. The van der Waals surface area contributed by atoms with Gasteiger partial charge in [0.05, 0.1) is 0 Å². The number of hydrogen-bond acceptors (Lipinski definition) is 2. The third kappa shape index (κ3) is 3.83. The molecule has 0 aromatic rings. The third-order valence-corrected chi connectivity index (χ3v) is 2.43. The zero-order chi connectivity index (χ0) is 11.5. The van der Waals surface area contributed by atoms with Crippen LogP contribution in [0, 0.1) is 18.3 Å². The van der Waals surface area contributed by atoms with Crippen LogP contribution in [-0.4, -0.2) is 17.7 Å². The number of alkyl carbamates (subject to hydrolysis) is 1. The van der Waals surface area contributed by atoms with E-state index in [9.17, 15) is 4.79 Å². The molecule has 3 nitrogen and oxygen atoms in total. The molecule has 1 fully saturated rings. The number of nitrogens with one attached hydrogen (secondary N) is 1. The van der Waals surface area contributed by atoms with Gasteiger partial charge in [0.2, 0.25) is 0 Å². The molecule has 0 aromatic carbocycles. The minimum absolute atomic E-state index is 0.0878. The number of terminal acetylenes is 1. The van der Waals surface area contributed by atoms with E-state index in [1.807, 2.05) is 20.8 Å². The molecule has 15 heavy (non-hydrogen) atoms. The van der Waals surface area contributed by atoms with Crippen molar-refractivity contribution in [3.05, 3.63) is 0 Å². The Balaban J connectivity index is 2.42. The van der Waals surface area contributed by atoms with Gasteiger partial charge in [-0.3, -0.25) is 0 Å². The number of rotatable bonds is 1. The van der Waals surface area contributed by atoms with E-state index in [1.54, 1.807) is 0 Å². The zero-order valence-electron chi connectivity index (χ0n) is 9.67. The first-order valence-corrected chi connectivity index (χ1v) is 5.38. The Hall–Kier alpha value is -1.17. The standard InChI is InChI=1S/C12H19NO2/c1-5-9-7-6-8-10(9)13-11(14)15-12(2,3)4/h1,9-10H,6-8H2,2-4H3,(H,13,14)/t9-,10+/m0/s1. The minimum Gasteiger partial charge on any atom is -0.444 e. The van der Waals surface area contributed by atoms with Crippen LogP contribution in [0.15, 0.2) is 0 Å². The summed E-state index contributed by atoms with van der Waals surface area (Å²) in [6.07, 6.45) is 8.05. The maximum Gasteiger partial charge on any atom is 0.407 e. The molecule has 1 aliphatic carbocycles. The van der Waals surface area contributed by atoms with Crippen LogP contribution >= 0.6 is 0 Å². The molecule has 2 atom stereocenters. The highest BCUT2D eigenvalue weighted by Crippen LogP contribution is 2.25. The van der Waals surface area contributed by atoms with Crippen LogP contribution in [0.25, 0.3) is 0 Å². The van der Waals surface area contributed by atoms with Crippen molar-refractivity contribution >= 4 is 6.09 Å². The lowest BCUT2D eigenvalue weighted by molar-refractivity contribution is 0.0499. The molecular weight excluding hydrogens is 190 g/mol. The molecule has 0 saturated heterocycles. The Morgan fingerprint density at radius 3 is 2.67 bits per heavy atom. The van der Waals surface area contributed by atoms with Crippen LogP contribution in [0.2, 0.25) is 0 Å². The van der Waals surface area contributed by atoms with Crippen molar-refractivity contribution < 1.29 is 9.53 Å². The monoisotopic (exact) mass is 209 g/mol. The summed E-state index contributed by atoms with van der Waals surface area (Å²) in [5.74, 6) is 2.88. The van der Waals surface area contributed by atoms with Crippen molar-refractivity contribution in [2.45, 2.75) is 51.7 Å². The average molecular weight is 209 g/mol. The molecule has 0 aliphatic heterocycles. The second kappa shape index (κ2) is 4.57. The van der Waals surface area contributed by atoms with Gasteiger partial charge in [0.25, 0.3) is 0 Å². The van der Waals surface area contributed by atoms with Crippen molar-refractivity contribution in [1.29, 1.82) is 0 Å². The molecule has 0 unspecified atom stereocenters. The lowest BCUT2D eigenvalue weighted by atomic mass is 10.1. The number of amides is 1. The summed E-state index contributed by atoms with van der Waals surface area (Å²) in [6.45, 7) is 5.54. The molecule has 1 N–H and O–H groups in total. The fraction of sp³-hybridized carbons (Fsp3) is 0.750. The molecule has 0 bridgehead atoms. The van der Waals surface area contributed by atoms with Gasteiger partial charge in [-0.15, -0.1) is 12.3 Å². The summed E-state index contributed by atoms with van der Waals surface area (Å²) in [4.78, 5) is 11.5. The predicted molar refractivity (Wildman–Crippen MR) is 59.3 cm³/mol. The number of carbonyl (C=O) groups is 1. The highest BCUT2D eigenvalue weighted by Gasteiger charge is 2.28. The van der Waals surface area contributed by atoms with Gasteiger partial charge < -0.3 is 10.1 Å². The van der Waals surface area contributed by atoms with Crippen LogP contribution in [0.1, 0.15) is 40.0 Å².